The van der Waals surface area contributed by atoms with E-state index in [1.165, 1.54) is 5.56 Å². The van der Waals surface area contributed by atoms with E-state index in [0.717, 1.165) is 17.7 Å². The summed E-state index contributed by atoms with van der Waals surface area (Å²) in [6, 6.07) is 13.3. The van der Waals surface area contributed by atoms with Gasteiger partial charge in [0.1, 0.15) is 0 Å². The molecule has 2 amide bonds. The van der Waals surface area contributed by atoms with Crippen molar-refractivity contribution in [1.29, 1.82) is 0 Å². The second-order valence-electron chi connectivity index (χ2n) is 8.18. The minimum Gasteiger partial charge on any atom is -0.350 e. The van der Waals surface area contributed by atoms with Gasteiger partial charge in [-0.25, -0.2) is 0 Å². The van der Waals surface area contributed by atoms with Gasteiger partial charge in [0.05, 0.1) is 11.3 Å². The van der Waals surface area contributed by atoms with Crippen LogP contribution in [0.15, 0.2) is 42.5 Å². The van der Waals surface area contributed by atoms with Crippen LogP contribution in [0.5, 0.6) is 0 Å². The number of hydrogen-bond donors (Lipinski definition) is 2. The van der Waals surface area contributed by atoms with Crippen LogP contribution in [-0.2, 0) is 10.5 Å². The molecule has 132 valence electrons. The highest BCUT2D eigenvalue weighted by atomic mass is 16.2. The maximum absolute atomic E-state index is 13.7. The highest BCUT2D eigenvalue weighted by Gasteiger charge is 2.59. The molecule has 3 aliphatic rings. The molecule has 0 bridgehead atoms. The summed E-state index contributed by atoms with van der Waals surface area (Å²) in [6.45, 7) is 6.39. The van der Waals surface area contributed by atoms with Crippen LogP contribution < -0.4 is 15.5 Å². The van der Waals surface area contributed by atoms with E-state index in [1.807, 2.05) is 35.2 Å². The van der Waals surface area contributed by atoms with Gasteiger partial charge < -0.3 is 15.5 Å². The van der Waals surface area contributed by atoms with Crippen molar-refractivity contribution in [3.8, 4) is 0 Å². The molecule has 2 aromatic rings. The molecule has 0 saturated carbocycles. The number of fused-ring (bicyclic) bond motifs is 2. The van der Waals surface area contributed by atoms with Gasteiger partial charge in [0.15, 0.2) is 0 Å². The van der Waals surface area contributed by atoms with Crippen LogP contribution in [0, 0.1) is 0 Å². The molecular weight excluding hydrogens is 326 g/mol. The molecule has 5 heteroatoms. The summed E-state index contributed by atoms with van der Waals surface area (Å²) in [5, 5.41) is 6.34. The summed E-state index contributed by atoms with van der Waals surface area (Å²) < 4.78 is 0. The molecular formula is C21H21N3O2. The summed E-state index contributed by atoms with van der Waals surface area (Å²) in [5.41, 5.74) is 2.65. The Kier molecular flexibility index (Phi) is 2.77. The van der Waals surface area contributed by atoms with E-state index >= 15 is 0 Å². The Labute approximate surface area is 152 Å². The Bertz CT molecular complexity index is 981. The fraction of sp³-hybridized carbons (Fsp3) is 0.333. The molecule has 3 heterocycles. The number of carbonyl (C=O) groups excluding carboxylic acids is 2. The van der Waals surface area contributed by atoms with Crippen molar-refractivity contribution in [2.75, 3.05) is 10.2 Å². The molecule has 5 rings (SSSR count). The third kappa shape index (κ3) is 1.70. The lowest BCUT2D eigenvalue weighted by atomic mass is 9.80. The number of para-hydroxylation sites is 2. The SMILES string of the molecule is C[C@H]1CC(C)(C)N2C(=O)[C@@]3(NC(=O)c4ccccc4N3)c3cccc1c32. The number of anilines is 2. The van der Waals surface area contributed by atoms with E-state index in [0.29, 0.717) is 17.2 Å². The van der Waals surface area contributed by atoms with Gasteiger partial charge in [0.2, 0.25) is 5.66 Å². The summed E-state index contributed by atoms with van der Waals surface area (Å²) in [4.78, 5) is 28.4. The van der Waals surface area contributed by atoms with Crippen LogP contribution in [0.1, 0.15) is 54.6 Å². The second-order valence-corrected chi connectivity index (χ2v) is 8.18. The number of rotatable bonds is 0. The van der Waals surface area contributed by atoms with Gasteiger partial charge in [-0.2, -0.15) is 0 Å². The zero-order chi connectivity index (χ0) is 18.3. The normalized spacial score (nSPS) is 27.7. The molecule has 0 saturated heterocycles. The third-order valence-corrected chi connectivity index (χ3v) is 5.96. The topological polar surface area (TPSA) is 61.4 Å². The standard InChI is InChI=1S/C21H21N3O2/c1-12-11-20(2,3)24-17-13(12)8-6-9-15(17)21(19(24)26)22-16-10-5-4-7-14(16)18(25)23-21/h4-10,12,22H,11H2,1-3H3,(H,23,25)/t12-,21-/m0/s1. The molecule has 3 aliphatic heterocycles. The minimum atomic E-state index is -1.24. The van der Waals surface area contributed by atoms with Crippen molar-refractivity contribution >= 4 is 23.2 Å². The van der Waals surface area contributed by atoms with Crippen molar-refractivity contribution in [3.05, 3.63) is 59.2 Å². The molecule has 2 N–H and O–H groups in total. The quantitative estimate of drug-likeness (QED) is 0.768. The van der Waals surface area contributed by atoms with Crippen LogP contribution in [-0.4, -0.2) is 17.4 Å². The Balaban J connectivity index is 1.78. The first-order chi connectivity index (χ1) is 12.3. The number of hydrogen-bond acceptors (Lipinski definition) is 3. The molecule has 0 aromatic heterocycles. The summed E-state index contributed by atoms with van der Waals surface area (Å²) in [5.74, 6) is 0.0152. The molecule has 0 aliphatic carbocycles. The van der Waals surface area contributed by atoms with Crippen LogP contribution in [0.2, 0.25) is 0 Å². The summed E-state index contributed by atoms with van der Waals surface area (Å²) >= 11 is 0. The minimum absolute atomic E-state index is 0.111. The highest BCUT2D eigenvalue weighted by molar-refractivity contribution is 6.16. The smallest absolute Gasteiger partial charge is 0.279 e. The second kappa shape index (κ2) is 4.67. The predicted octanol–water partition coefficient (Wildman–Crippen LogP) is 3.33. The average molecular weight is 347 g/mol. The van der Waals surface area contributed by atoms with Gasteiger partial charge >= 0.3 is 0 Å². The first kappa shape index (κ1) is 15.4. The zero-order valence-electron chi connectivity index (χ0n) is 15.1. The monoisotopic (exact) mass is 347 g/mol. The molecule has 0 fully saturated rings. The molecule has 2 atom stereocenters. The predicted molar refractivity (Wildman–Crippen MR) is 100 cm³/mol. The van der Waals surface area contributed by atoms with E-state index in [9.17, 15) is 9.59 Å². The van der Waals surface area contributed by atoms with Crippen molar-refractivity contribution in [1.82, 2.24) is 5.32 Å². The van der Waals surface area contributed by atoms with Gasteiger partial charge in [-0.3, -0.25) is 9.59 Å². The Morgan fingerprint density at radius 1 is 1.04 bits per heavy atom. The lowest BCUT2D eigenvalue weighted by Crippen LogP contribution is -2.63. The van der Waals surface area contributed by atoms with Crippen LogP contribution in [0.25, 0.3) is 0 Å². The van der Waals surface area contributed by atoms with Gasteiger partial charge in [-0.05, 0) is 43.9 Å². The third-order valence-electron chi connectivity index (χ3n) is 5.96. The highest BCUT2D eigenvalue weighted by Crippen LogP contribution is 2.53. The lowest BCUT2D eigenvalue weighted by molar-refractivity contribution is -0.124. The average Bonchev–Trinajstić information content (AvgIpc) is 2.83. The van der Waals surface area contributed by atoms with Gasteiger partial charge in [-0.1, -0.05) is 37.3 Å². The van der Waals surface area contributed by atoms with Gasteiger partial charge in [-0.15, -0.1) is 0 Å². The molecule has 26 heavy (non-hydrogen) atoms. The van der Waals surface area contributed by atoms with Gasteiger partial charge in [0.25, 0.3) is 11.8 Å². The van der Waals surface area contributed by atoms with Crippen molar-refractivity contribution in [3.63, 3.8) is 0 Å². The fourth-order valence-electron chi connectivity index (χ4n) is 4.93. The van der Waals surface area contributed by atoms with Crippen molar-refractivity contribution in [2.45, 2.75) is 44.3 Å². The number of amides is 2. The molecule has 5 nitrogen and oxygen atoms in total. The van der Waals surface area contributed by atoms with Gasteiger partial charge in [0, 0.05) is 16.8 Å². The van der Waals surface area contributed by atoms with Crippen LogP contribution in [0.3, 0.4) is 0 Å². The number of benzene rings is 2. The van der Waals surface area contributed by atoms with Crippen molar-refractivity contribution in [2.24, 2.45) is 0 Å². The largest absolute Gasteiger partial charge is 0.350 e. The maximum atomic E-state index is 13.7. The van der Waals surface area contributed by atoms with Crippen LogP contribution >= 0.6 is 0 Å². The van der Waals surface area contributed by atoms with Crippen molar-refractivity contribution < 1.29 is 9.59 Å². The molecule has 1 spiro atoms. The molecule has 0 unspecified atom stereocenters. The Morgan fingerprint density at radius 3 is 2.62 bits per heavy atom. The Morgan fingerprint density at radius 2 is 1.81 bits per heavy atom. The van der Waals surface area contributed by atoms with E-state index in [-0.39, 0.29) is 17.4 Å². The Hall–Kier alpha value is -2.82. The maximum Gasteiger partial charge on any atom is 0.279 e. The first-order valence-electron chi connectivity index (χ1n) is 9.03. The van der Waals surface area contributed by atoms with E-state index < -0.39 is 5.66 Å². The fourth-order valence-corrected chi connectivity index (χ4v) is 4.93. The molecule has 2 aromatic carbocycles. The van der Waals surface area contributed by atoms with E-state index in [2.05, 4.69) is 37.5 Å². The number of nitrogens with one attached hydrogen (secondary N) is 2. The van der Waals surface area contributed by atoms with Crippen LogP contribution in [0.4, 0.5) is 11.4 Å². The van der Waals surface area contributed by atoms with E-state index in [4.69, 9.17) is 0 Å². The van der Waals surface area contributed by atoms with E-state index in [1.54, 1.807) is 6.07 Å². The number of nitrogens with zero attached hydrogens (tertiary/aromatic N) is 1. The summed E-state index contributed by atoms with van der Waals surface area (Å²) in [7, 11) is 0. The first-order valence-corrected chi connectivity index (χ1v) is 9.03. The molecule has 0 radical (unpaired) electrons. The zero-order valence-corrected chi connectivity index (χ0v) is 15.1. The number of carbonyl (C=O) groups is 2. The lowest BCUT2D eigenvalue weighted by Gasteiger charge is -2.44. The summed E-state index contributed by atoms with van der Waals surface area (Å²) in [6.07, 6.45) is 0.885.